The number of nitrogens with zero attached hydrogens (tertiary/aromatic N) is 2. The summed E-state index contributed by atoms with van der Waals surface area (Å²) in [4.78, 5) is 7.24. The maximum Gasteiger partial charge on any atom is 0.133 e. The number of aromatic nitrogens is 1. The van der Waals surface area contributed by atoms with E-state index in [2.05, 4.69) is 45.1 Å². The summed E-state index contributed by atoms with van der Waals surface area (Å²) in [6, 6.07) is 18.4. The summed E-state index contributed by atoms with van der Waals surface area (Å²) in [6.45, 7) is 2.86. The van der Waals surface area contributed by atoms with Crippen LogP contribution in [0.25, 0.3) is 0 Å². The largest absolute Gasteiger partial charge is 0.490 e. The number of pyridine rings is 1. The van der Waals surface area contributed by atoms with Gasteiger partial charge in [-0.05, 0) is 108 Å². The molecule has 2 unspecified atom stereocenters. The molecule has 0 spiro atoms. The molecule has 0 bridgehead atoms. The van der Waals surface area contributed by atoms with Crippen molar-refractivity contribution in [3.63, 3.8) is 0 Å². The van der Waals surface area contributed by atoms with Gasteiger partial charge in [-0.15, -0.1) is 0 Å². The topological polar surface area (TPSA) is 45.6 Å². The first-order chi connectivity index (χ1) is 16.6. The number of ether oxygens (including phenoxy) is 1. The van der Waals surface area contributed by atoms with Crippen molar-refractivity contribution in [1.29, 1.82) is 0 Å². The Morgan fingerprint density at radius 1 is 1.06 bits per heavy atom. The molecule has 1 fully saturated rings. The number of rotatable bonds is 6. The molecular formula is C28H30BrClN2O2. The van der Waals surface area contributed by atoms with Gasteiger partial charge in [0.1, 0.15) is 18.5 Å². The highest BCUT2D eigenvalue weighted by molar-refractivity contribution is 9.10. The lowest BCUT2D eigenvalue weighted by molar-refractivity contribution is 0.0534. The lowest BCUT2D eigenvalue weighted by Gasteiger charge is -2.37. The normalized spacial score (nSPS) is 19.7. The van der Waals surface area contributed by atoms with Gasteiger partial charge in [-0.3, -0.25) is 4.98 Å². The van der Waals surface area contributed by atoms with Crippen molar-refractivity contribution in [3.8, 4) is 5.75 Å². The van der Waals surface area contributed by atoms with E-state index in [4.69, 9.17) is 21.3 Å². The Hall–Kier alpha value is -1.92. The Balaban J connectivity index is 1.24. The second-order valence-corrected chi connectivity index (χ2v) is 10.7. The number of halogens is 2. The molecule has 2 aromatic carbocycles. The molecule has 0 radical (unpaired) electrons. The van der Waals surface area contributed by atoms with Crippen molar-refractivity contribution < 1.29 is 9.84 Å². The van der Waals surface area contributed by atoms with Crippen molar-refractivity contribution in [2.45, 2.75) is 37.7 Å². The fourth-order valence-electron chi connectivity index (χ4n) is 5.50. The van der Waals surface area contributed by atoms with Crippen LogP contribution in [-0.2, 0) is 12.8 Å². The molecule has 6 heteroatoms. The van der Waals surface area contributed by atoms with Crippen molar-refractivity contribution >= 4 is 27.5 Å². The first kappa shape index (κ1) is 23.8. The van der Waals surface area contributed by atoms with Crippen LogP contribution in [0.2, 0.25) is 5.02 Å². The van der Waals surface area contributed by atoms with Gasteiger partial charge in [0.05, 0.1) is 10.2 Å². The number of β-amino-alcohol motifs (C(OH)–C–C–N with tert-alkyl or cyclic N) is 1. The van der Waals surface area contributed by atoms with Crippen LogP contribution in [0.15, 0.2) is 65.3 Å². The van der Waals surface area contributed by atoms with E-state index in [1.807, 2.05) is 36.5 Å². The molecule has 1 aromatic heterocycles. The molecule has 5 rings (SSSR count). The SMILES string of the molecule is OC(COc1ccccc1Br)CN1CCC(C2c3ccc(Cl)cc3CCc3cccnc32)CC1. The zero-order valence-electron chi connectivity index (χ0n) is 19.2. The molecule has 1 saturated heterocycles. The quantitative estimate of drug-likeness (QED) is 0.423. The fourth-order valence-corrected chi connectivity index (χ4v) is 6.09. The molecule has 3 aromatic rings. The van der Waals surface area contributed by atoms with Gasteiger partial charge >= 0.3 is 0 Å². The molecule has 0 saturated carbocycles. The summed E-state index contributed by atoms with van der Waals surface area (Å²) in [6.07, 6.45) is 5.60. The van der Waals surface area contributed by atoms with E-state index in [0.29, 0.717) is 18.4 Å². The Labute approximate surface area is 215 Å². The average Bonchev–Trinajstić information content (AvgIpc) is 3.01. The van der Waals surface area contributed by atoms with Gasteiger partial charge in [-0.25, -0.2) is 0 Å². The first-order valence-corrected chi connectivity index (χ1v) is 13.3. The summed E-state index contributed by atoms with van der Waals surface area (Å²) in [5, 5.41) is 11.4. The van der Waals surface area contributed by atoms with E-state index in [1.165, 1.54) is 22.4 Å². The third-order valence-corrected chi connectivity index (χ3v) is 8.06. The van der Waals surface area contributed by atoms with E-state index >= 15 is 0 Å². The summed E-state index contributed by atoms with van der Waals surface area (Å²) in [5.74, 6) is 1.59. The Bertz CT molecular complexity index is 1130. The van der Waals surface area contributed by atoms with Crippen molar-refractivity contribution in [1.82, 2.24) is 9.88 Å². The van der Waals surface area contributed by atoms with Crippen molar-refractivity contribution in [2.75, 3.05) is 26.2 Å². The zero-order chi connectivity index (χ0) is 23.5. The van der Waals surface area contributed by atoms with Crippen LogP contribution >= 0.6 is 27.5 Å². The Kier molecular flexibility index (Phi) is 7.55. The van der Waals surface area contributed by atoms with E-state index in [0.717, 1.165) is 54.0 Å². The average molecular weight is 542 g/mol. The molecule has 1 aliphatic carbocycles. The molecule has 1 aliphatic heterocycles. The van der Waals surface area contributed by atoms with Gasteiger partial charge in [0.2, 0.25) is 0 Å². The number of aryl methyl sites for hydroxylation is 2. The lowest BCUT2D eigenvalue weighted by Crippen LogP contribution is -2.41. The van der Waals surface area contributed by atoms with Gasteiger partial charge in [-0.1, -0.05) is 35.9 Å². The molecule has 2 heterocycles. The highest BCUT2D eigenvalue weighted by Gasteiger charge is 2.34. The number of aliphatic hydroxyl groups is 1. The van der Waals surface area contributed by atoms with Crippen LogP contribution in [0.4, 0.5) is 0 Å². The number of para-hydroxylation sites is 1. The molecule has 4 nitrogen and oxygen atoms in total. The standard InChI is InChI=1S/C28H30BrClN2O2/c29-25-5-1-2-6-26(25)34-18-23(33)17-32-14-11-19(12-15-32)27-24-10-9-22(30)16-21(24)8-7-20-4-3-13-31-28(20)27/h1-6,9-10,13,16,19,23,27,33H,7-8,11-12,14-15,17-18H2. The van der Waals surface area contributed by atoms with Crippen LogP contribution in [0.5, 0.6) is 5.75 Å². The third-order valence-electron chi connectivity index (χ3n) is 7.16. The number of likely N-dealkylation sites (tertiary alicyclic amines) is 1. The van der Waals surface area contributed by atoms with E-state index in [1.54, 1.807) is 0 Å². The van der Waals surface area contributed by atoms with Crippen molar-refractivity contribution in [2.24, 2.45) is 5.92 Å². The third kappa shape index (κ3) is 5.33. The molecule has 178 valence electrons. The number of benzene rings is 2. The minimum atomic E-state index is -0.521. The highest BCUT2D eigenvalue weighted by Crippen LogP contribution is 2.42. The molecule has 34 heavy (non-hydrogen) atoms. The summed E-state index contributed by atoms with van der Waals surface area (Å²) < 4.78 is 6.72. The van der Waals surface area contributed by atoms with Crippen LogP contribution < -0.4 is 4.74 Å². The number of hydrogen-bond donors (Lipinski definition) is 1. The first-order valence-electron chi connectivity index (χ1n) is 12.1. The number of aliphatic hydroxyl groups excluding tert-OH is 1. The highest BCUT2D eigenvalue weighted by atomic mass is 79.9. The number of hydrogen-bond acceptors (Lipinski definition) is 4. The summed E-state index contributed by atoms with van der Waals surface area (Å²) >= 11 is 9.85. The van der Waals surface area contributed by atoms with Gasteiger partial charge in [-0.2, -0.15) is 0 Å². The van der Waals surface area contributed by atoms with Gasteiger partial charge in [0.25, 0.3) is 0 Å². The Morgan fingerprint density at radius 3 is 2.68 bits per heavy atom. The van der Waals surface area contributed by atoms with Gasteiger partial charge in [0.15, 0.2) is 0 Å². The minimum absolute atomic E-state index is 0.288. The van der Waals surface area contributed by atoms with Gasteiger partial charge < -0.3 is 14.7 Å². The Morgan fingerprint density at radius 2 is 1.85 bits per heavy atom. The van der Waals surface area contributed by atoms with E-state index in [-0.39, 0.29) is 6.61 Å². The second-order valence-electron chi connectivity index (χ2n) is 9.40. The van der Waals surface area contributed by atoms with Crippen molar-refractivity contribution in [3.05, 3.63) is 92.7 Å². The second kappa shape index (κ2) is 10.8. The predicted molar refractivity (Wildman–Crippen MR) is 140 cm³/mol. The van der Waals surface area contributed by atoms with Crippen LogP contribution in [0, 0.1) is 5.92 Å². The predicted octanol–water partition coefficient (Wildman–Crippen LogP) is 5.88. The minimum Gasteiger partial charge on any atom is -0.490 e. The maximum atomic E-state index is 10.6. The summed E-state index contributed by atoms with van der Waals surface area (Å²) in [5.41, 5.74) is 5.35. The molecule has 2 aliphatic rings. The van der Waals surface area contributed by atoms with E-state index in [9.17, 15) is 5.11 Å². The molecule has 1 N–H and O–H groups in total. The maximum absolute atomic E-state index is 10.6. The number of fused-ring (bicyclic) bond motifs is 2. The molecule has 0 amide bonds. The van der Waals surface area contributed by atoms with Gasteiger partial charge in [0, 0.05) is 23.7 Å². The van der Waals surface area contributed by atoms with E-state index < -0.39 is 6.10 Å². The van der Waals surface area contributed by atoms with Crippen LogP contribution in [-0.4, -0.2) is 47.3 Å². The van der Waals surface area contributed by atoms with Crippen LogP contribution in [0.3, 0.4) is 0 Å². The number of piperidine rings is 1. The summed E-state index contributed by atoms with van der Waals surface area (Å²) in [7, 11) is 0. The van der Waals surface area contributed by atoms with Crippen LogP contribution in [0.1, 0.15) is 41.1 Å². The fraction of sp³-hybridized carbons (Fsp3) is 0.393. The zero-order valence-corrected chi connectivity index (χ0v) is 21.5. The lowest BCUT2D eigenvalue weighted by atomic mass is 9.76. The molecule has 2 atom stereocenters. The smallest absolute Gasteiger partial charge is 0.133 e. The molecular weight excluding hydrogens is 512 g/mol. The monoisotopic (exact) mass is 540 g/mol.